The highest BCUT2D eigenvalue weighted by Gasteiger charge is 2.35. The second-order valence-corrected chi connectivity index (χ2v) is 13.3. The summed E-state index contributed by atoms with van der Waals surface area (Å²) >= 11 is 0. The third-order valence-electron chi connectivity index (χ3n) is 8.87. The van der Waals surface area contributed by atoms with Gasteiger partial charge in [0.2, 0.25) is 11.8 Å². The zero-order valence-corrected chi connectivity index (χ0v) is 26.1. The lowest BCUT2D eigenvalue weighted by molar-refractivity contribution is -0.139. The fourth-order valence-corrected chi connectivity index (χ4v) is 6.03. The van der Waals surface area contributed by atoms with Gasteiger partial charge in [-0.3, -0.25) is 9.59 Å². The number of hydrogen-bond donors (Lipinski definition) is 3. The lowest BCUT2D eigenvalue weighted by atomic mass is 9.87. The van der Waals surface area contributed by atoms with E-state index < -0.39 is 18.2 Å². The van der Waals surface area contributed by atoms with Crippen molar-refractivity contribution in [1.82, 2.24) is 15.5 Å². The summed E-state index contributed by atoms with van der Waals surface area (Å²) < 4.78 is 6.29. The molecule has 0 radical (unpaired) electrons. The molecule has 7 nitrogen and oxygen atoms in total. The van der Waals surface area contributed by atoms with E-state index in [4.69, 9.17) is 4.74 Å². The molecule has 0 spiro atoms. The third-order valence-corrected chi connectivity index (χ3v) is 8.87. The number of likely N-dealkylation sites (N-methyl/N-ethyl adjacent to an activating group) is 1. The number of carbonyl (C=O) groups is 2. The first-order chi connectivity index (χ1) is 18.9. The Morgan fingerprint density at radius 2 is 1.77 bits per heavy atom. The standard InChI is InChI=1S/C33H55N3O4/c1-22(2)25-16-17-30-26(19-25)28(20-33(5,6)40-30)34-21-29(37)27-18-23(3)14-12-10-8-9-11-13-15-31(38)36(7)24(4)32(39)35-27/h16-17,19,22-24,27-29,34,37H,8-15,18,20-21H2,1-7H3,(H,35,39)/t23-,24+,27+,28?,29-/m1/s1. The minimum atomic E-state index is -0.763. The molecular weight excluding hydrogens is 502 g/mol. The Morgan fingerprint density at radius 1 is 1.10 bits per heavy atom. The smallest absolute Gasteiger partial charge is 0.242 e. The van der Waals surface area contributed by atoms with E-state index in [1.807, 2.05) is 0 Å². The van der Waals surface area contributed by atoms with E-state index in [9.17, 15) is 14.7 Å². The molecule has 2 aliphatic rings. The van der Waals surface area contributed by atoms with Crippen LogP contribution in [0.25, 0.3) is 0 Å². The van der Waals surface area contributed by atoms with Crippen LogP contribution < -0.4 is 15.4 Å². The van der Waals surface area contributed by atoms with Crippen LogP contribution in [0.4, 0.5) is 0 Å². The Morgan fingerprint density at radius 3 is 2.48 bits per heavy atom. The molecule has 1 fully saturated rings. The molecule has 226 valence electrons. The second kappa shape index (κ2) is 14.7. The molecule has 2 amide bonds. The molecule has 2 heterocycles. The van der Waals surface area contributed by atoms with Crippen LogP contribution in [0.2, 0.25) is 0 Å². The molecular formula is C33H55N3O4. The summed E-state index contributed by atoms with van der Waals surface area (Å²) in [6.07, 6.45) is 8.90. The van der Waals surface area contributed by atoms with Crippen LogP contribution in [0.3, 0.4) is 0 Å². The van der Waals surface area contributed by atoms with Gasteiger partial charge >= 0.3 is 0 Å². The Kier molecular flexibility index (Phi) is 11.9. The van der Waals surface area contributed by atoms with Crippen molar-refractivity contribution in [2.24, 2.45) is 5.92 Å². The van der Waals surface area contributed by atoms with Gasteiger partial charge in [-0.2, -0.15) is 0 Å². The fourth-order valence-electron chi connectivity index (χ4n) is 6.03. The molecule has 1 aromatic carbocycles. The van der Waals surface area contributed by atoms with Crippen molar-refractivity contribution in [2.75, 3.05) is 13.6 Å². The lowest BCUT2D eigenvalue weighted by Crippen LogP contribution is -2.54. The van der Waals surface area contributed by atoms with Crippen molar-refractivity contribution in [3.05, 3.63) is 29.3 Å². The van der Waals surface area contributed by atoms with Crippen molar-refractivity contribution in [1.29, 1.82) is 0 Å². The highest BCUT2D eigenvalue weighted by atomic mass is 16.5. The van der Waals surface area contributed by atoms with Crippen LogP contribution in [0, 0.1) is 5.92 Å². The average molecular weight is 558 g/mol. The highest BCUT2D eigenvalue weighted by molar-refractivity contribution is 5.87. The summed E-state index contributed by atoms with van der Waals surface area (Å²) in [5, 5.41) is 18.2. The molecule has 3 rings (SSSR count). The Hall–Kier alpha value is -2.12. The monoisotopic (exact) mass is 557 g/mol. The van der Waals surface area contributed by atoms with E-state index in [2.05, 4.69) is 63.5 Å². The predicted octanol–water partition coefficient (Wildman–Crippen LogP) is 5.86. The van der Waals surface area contributed by atoms with Crippen LogP contribution in [0.1, 0.15) is 129 Å². The summed E-state index contributed by atoms with van der Waals surface area (Å²) in [6.45, 7) is 12.9. The number of carbonyl (C=O) groups excluding carboxylic acids is 2. The zero-order valence-electron chi connectivity index (χ0n) is 26.1. The molecule has 1 saturated heterocycles. The van der Waals surface area contributed by atoms with Crippen molar-refractivity contribution >= 4 is 11.8 Å². The number of ether oxygens (including phenoxy) is 1. The maximum absolute atomic E-state index is 13.3. The minimum absolute atomic E-state index is 0.00319. The van der Waals surface area contributed by atoms with Crippen molar-refractivity contribution in [2.45, 2.75) is 141 Å². The largest absolute Gasteiger partial charge is 0.487 e. The van der Waals surface area contributed by atoms with E-state index in [-0.39, 0.29) is 23.5 Å². The topological polar surface area (TPSA) is 90.9 Å². The number of hydrogen-bond acceptors (Lipinski definition) is 5. The SMILES string of the molecule is CC(C)c1ccc2c(c1)C(NC[C@@H](O)[C@@H]1C[C@H](C)CCCCCCCCC(=O)N(C)[C@@H](C)C(=O)N1)CC(C)(C)O2. The molecule has 2 aliphatic heterocycles. The summed E-state index contributed by atoms with van der Waals surface area (Å²) in [5.41, 5.74) is 2.06. The van der Waals surface area contributed by atoms with Gasteiger partial charge in [-0.05, 0) is 57.1 Å². The normalized spacial score (nSPS) is 28.0. The number of aliphatic hydroxyl groups excluding tert-OH is 1. The minimum Gasteiger partial charge on any atom is -0.487 e. The van der Waals surface area contributed by atoms with E-state index >= 15 is 0 Å². The number of nitrogens with zero attached hydrogens (tertiary/aromatic N) is 1. The zero-order chi connectivity index (χ0) is 29.4. The van der Waals surface area contributed by atoms with Crippen LogP contribution in [-0.2, 0) is 9.59 Å². The molecule has 0 aromatic heterocycles. The number of fused-ring (bicyclic) bond motifs is 1. The van der Waals surface area contributed by atoms with E-state index in [0.29, 0.717) is 31.2 Å². The van der Waals surface area contributed by atoms with Crippen LogP contribution >= 0.6 is 0 Å². The maximum Gasteiger partial charge on any atom is 0.242 e. The number of rotatable bonds is 5. The Labute approximate surface area is 242 Å². The summed E-state index contributed by atoms with van der Waals surface area (Å²) in [5.74, 6) is 1.47. The average Bonchev–Trinajstić information content (AvgIpc) is 2.90. The molecule has 7 heteroatoms. The first-order valence-corrected chi connectivity index (χ1v) is 15.7. The molecule has 1 aromatic rings. The Balaban J connectivity index is 1.75. The summed E-state index contributed by atoms with van der Waals surface area (Å²) in [6, 6.07) is 5.48. The van der Waals surface area contributed by atoms with Crippen molar-refractivity contribution in [3.63, 3.8) is 0 Å². The third kappa shape index (κ3) is 9.20. The molecule has 0 saturated carbocycles. The van der Waals surface area contributed by atoms with Crippen LogP contribution in [0.15, 0.2) is 18.2 Å². The van der Waals surface area contributed by atoms with Gasteiger partial charge < -0.3 is 25.4 Å². The van der Waals surface area contributed by atoms with Gasteiger partial charge in [0.1, 0.15) is 17.4 Å². The number of amides is 2. The van der Waals surface area contributed by atoms with Gasteiger partial charge in [0.15, 0.2) is 0 Å². The van der Waals surface area contributed by atoms with Gasteiger partial charge in [-0.1, -0.05) is 71.4 Å². The molecule has 1 unspecified atom stereocenters. The van der Waals surface area contributed by atoms with Crippen LogP contribution in [-0.4, -0.2) is 59.2 Å². The lowest BCUT2D eigenvalue weighted by Gasteiger charge is -2.39. The number of aliphatic hydroxyl groups is 1. The second-order valence-electron chi connectivity index (χ2n) is 13.3. The maximum atomic E-state index is 13.3. The predicted molar refractivity (Wildman–Crippen MR) is 161 cm³/mol. The van der Waals surface area contributed by atoms with Crippen molar-refractivity contribution < 1.29 is 19.4 Å². The first-order valence-electron chi connectivity index (χ1n) is 15.7. The summed E-state index contributed by atoms with van der Waals surface area (Å²) in [4.78, 5) is 27.5. The molecule has 40 heavy (non-hydrogen) atoms. The fraction of sp³-hybridized carbons (Fsp3) is 0.758. The van der Waals surface area contributed by atoms with Gasteiger partial charge in [0.05, 0.1) is 12.1 Å². The molecule has 5 atom stereocenters. The first kappa shape index (κ1) is 32.4. The van der Waals surface area contributed by atoms with Crippen LogP contribution in [0.5, 0.6) is 5.75 Å². The van der Waals surface area contributed by atoms with E-state index in [1.165, 1.54) is 18.4 Å². The molecule has 0 bridgehead atoms. The highest BCUT2D eigenvalue weighted by Crippen LogP contribution is 2.40. The van der Waals surface area contributed by atoms with Gasteiger partial charge in [0.25, 0.3) is 0 Å². The van der Waals surface area contributed by atoms with Crippen molar-refractivity contribution in [3.8, 4) is 5.75 Å². The molecule has 0 aliphatic carbocycles. The summed E-state index contributed by atoms with van der Waals surface area (Å²) in [7, 11) is 1.71. The van der Waals surface area contributed by atoms with Gasteiger partial charge in [0, 0.05) is 38.0 Å². The Bertz CT molecular complexity index is 978. The molecule has 3 N–H and O–H groups in total. The quantitative estimate of drug-likeness (QED) is 0.422. The van der Waals surface area contributed by atoms with E-state index in [0.717, 1.165) is 49.8 Å². The van der Waals surface area contributed by atoms with Gasteiger partial charge in [-0.25, -0.2) is 0 Å². The number of nitrogens with one attached hydrogen (secondary N) is 2. The van der Waals surface area contributed by atoms with Gasteiger partial charge in [-0.15, -0.1) is 0 Å². The number of benzene rings is 1. The van der Waals surface area contributed by atoms with E-state index in [1.54, 1.807) is 18.9 Å².